The molecule has 0 aliphatic heterocycles. The van der Waals surface area contributed by atoms with Crippen LogP contribution in [0.1, 0.15) is 36.5 Å². The van der Waals surface area contributed by atoms with Crippen LogP contribution >= 0.6 is 0 Å². The van der Waals surface area contributed by atoms with Gasteiger partial charge in [0, 0.05) is 25.8 Å². The minimum atomic E-state index is 0. The maximum absolute atomic E-state index is 2.45. The molecule has 0 amide bonds. The second-order valence-electron chi connectivity index (χ2n) is 4.67. The van der Waals surface area contributed by atoms with E-state index in [2.05, 4.69) is 31.2 Å². The summed E-state index contributed by atoms with van der Waals surface area (Å²) >= 11 is 0. The first-order valence-electron chi connectivity index (χ1n) is 6.08. The Labute approximate surface area is 131 Å². The molecule has 2 aromatic carbocycles. The Balaban J connectivity index is 0.000000963. The van der Waals surface area contributed by atoms with Crippen LogP contribution in [-0.4, -0.2) is 0 Å². The standard InChI is InChI=1S/C15H17.2CH3.Hf/c1-2-4-11-7-8-14-9-12-5-3-6-13(12)10-15(11)14;;;/h7-10H,2-6H2,1H3;2*1H3;/q3*-1;. The van der Waals surface area contributed by atoms with E-state index < -0.39 is 0 Å². The minimum absolute atomic E-state index is 0. The van der Waals surface area contributed by atoms with Crippen molar-refractivity contribution in [1.29, 1.82) is 0 Å². The van der Waals surface area contributed by atoms with Crippen molar-refractivity contribution >= 4 is 10.8 Å². The van der Waals surface area contributed by atoms with Gasteiger partial charge in [0.25, 0.3) is 0 Å². The summed E-state index contributed by atoms with van der Waals surface area (Å²) in [5.74, 6) is 0. The second kappa shape index (κ2) is 7.33. The van der Waals surface area contributed by atoms with Crippen LogP contribution in [0, 0.1) is 14.9 Å². The Bertz CT molecular complexity index is 494. The van der Waals surface area contributed by atoms with Gasteiger partial charge in [0.05, 0.1) is 0 Å². The van der Waals surface area contributed by atoms with E-state index >= 15 is 0 Å². The van der Waals surface area contributed by atoms with Crippen LogP contribution in [0.15, 0.2) is 24.3 Å². The first-order chi connectivity index (χ1) is 7.38. The van der Waals surface area contributed by atoms with Crippen LogP contribution < -0.4 is 0 Å². The monoisotopic (exact) mass is 407 g/mol. The molecular formula is C17H23Hf-3. The fraction of sp³-hybridized carbons (Fsp3) is 0.353. The van der Waals surface area contributed by atoms with Crippen molar-refractivity contribution in [3.05, 3.63) is 55.8 Å². The van der Waals surface area contributed by atoms with E-state index in [0.717, 1.165) is 0 Å². The Hall–Kier alpha value is -0.300. The molecule has 0 aromatic heterocycles. The molecule has 3 rings (SSSR count). The third kappa shape index (κ3) is 2.99. The van der Waals surface area contributed by atoms with Crippen molar-refractivity contribution in [2.45, 2.75) is 39.0 Å². The normalized spacial score (nSPS) is 12.3. The summed E-state index contributed by atoms with van der Waals surface area (Å²) < 4.78 is 0. The van der Waals surface area contributed by atoms with Crippen LogP contribution in [0.5, 0.6) is 0 Å². The third-order valence-electron chi connectivity index (χ3n) is 3.59. The Morgan fingerprint density at radius 1 is 1.11 bits per heavy atom. The summed E-state index contributed by atoms with van der Waals surface area (Å²) in [7, 11) is 0. The summed E-state index contributed by atoms with van der Waals surface area (Å²) in [5, 5.41) is 2.97. The molecule has 0 saturated heterocycles. The molecule has 1 aliphatic rings. The fourth-order valence-electron chi connectivity index (χ4n) is 2.83. The molecule has 0 bridgehead atoms. The Kier molecular flexibility index (Phi) is 7.21. The van der Waals surface area contributed by atoms with Crippen molar-refractivity contribution in [2.24, 2.45) is 0 Å². The van der Waals surface area contributed by atoms with Crippen LogP contribution in [-0.2, 0) is 45.1 Å². The zero-order valence-corrected chi connectivity index (χ0v) is 15.4. The van der Waals surface area contributed by atoms with Gasteiger partial charge in [-0.15, -0.1) is 34.5 Å². The summed E-state index contributed by atoms with van der Waals surface area (Å²) in [6, 6.07) is 9.46. The zero-order valence-electron chi connectivity index (χ0n) is 11.8. The minimum Gasteiger partial charge on any atom is -0.358 e. The van der Waals surface area contributed by atoms with Gasteiger partial charge in [-0.3, -0.25) is 0 Å². The van der Waals surface area contributed by atoms with Gasteiger partial charge in [0.15, 0.2) is 0 Å². The van der Waals surface area contributed by atoms with E-state index in [-0.39, 0.29) is 40.7 Å². The Morgan fingerprint density at radius 3 is 2.44 bits per heavy atom. The van der Waals surface area contributed by atoms with Gasteiger partial charge in [-0.25, -0.2) is 0 Å². The summed E-state index contributed by atoms with van der Waals surface area (Å²) in [6.45, 7) is 2.26. The maximum atomic E-state index is 2.45. The van der Waals surface area contributed by atoms with Crippen LogP contribution in [0.3, 0.4) is 0 Å². The summed E-state index contributed by atoms with van der Waals surface area (Å²) in [4.78, 5) is 0. The smallest absolute Gasteiger partial charge is 0 e. The SMILES string of the molecule is CCC[c-]1ccc2cc3c(cc21)CCC3.[CH3-].[CH3-].[Hf]. The van der Waals surface area contributed by atoms with Crippen LogP contribution in [0.2, 0.25) is 0 Å². The van der Waals surface area contributed by atoms with E-state index in [1.165, 1.54) is 42.9 Å². The van der Waals surface area contributed by atoms with E-state index in [1.54, 1.807) is 16.7 Å². The van der Waals surface area contributed by atoms with E-state index in [4.69, 9.17) is 0 Å². The van der Waals surface area contributed by atoms with Gasteiger partial charge >= 0.3 is 0 Å². The van der Waals surface area contributed by atoms with Gasteiger partial charge in [-0.05, 0) is 19.3 Å². The molecule has 0 spiro atoms. The van der Waals surface area contributed by atoms with Gasteiger partial charge in [0.2, 0.25) is 0 Å². The van der Waals surface area contributed by atoms with E-state index in [0.29, 0.717) is 0 Å². The second-order valence-corrected chi connectivity index (χ2v) is 4.67. The number of aryl methyl sites for hydroxylation is 3. The Morgan fingerprint density at radius 2 is 1.78 bits per heavy atom. The average Bonchev–Trinajstić information content (AvgIpc) is 2.82. The molecule has 0 N–H and O–H groups in total. The molecule has 0 unspecified atom stereocenters. The molecule has 18 heavy (non-hydrogen) atoms. The number of fused-ring (bicyclic) bond motifs is 2. The van der Waals surface area contributed by atoms with Crippen molar-refractivity contribution < 1.29 is 25.8 Å². The first kappa shape index (κ1) is 17.7. The van der Waals surface area contributed by atoms with Crippen molar-refractivity contribution in [3.8, 4) is 0 Å². The molecule has 1 aliphatic carbocycles. The predicted molar refractivity (Wildman–Crippen MR) is 78.4 cm³/mol. The maximum Gasteiger partial charge on any atom is 0 e. The number of hydrogen-bond acceptors (Lipinski definition) is 0. The van der Waals surface area contributed by atoms with Crippen LogP contribution in [0.25, 0.3) is 10.8 Å². The summed E-state index contributed by atoms with van der Waals surface area (Å²) in [6.07, 6.45) is 6.41. The van der Waals surface area contributed by atoms with Gasteiger partial charge < -0.3 is 14.9 Å². The number of hydrogen-bond donors (Lipinski definition) is 0. The molecular weight excluding hydrogens is 383 g/mol. The molecule has 0 atom stereocenters. The van der Waals surface area contributed by atoms with Crippen molar-refractivity contribution in [3.63, 3.8) is 0 Å². The van der Waals surface area contributed by atoms with E-state index in [9.17, 15) is 0 Å². The molecule has 0 saturated carbocycles. The molecule has 0 fully saturated rings. The summed E-state index contributed by atoms with van der Waals surface area (Å²) in [5.41, 5.74) is 4.74. The fourth-order valence-corrected chi connectivity index (χ4v) is 2.83. The molecule has 98 valence electrons. The predicted octanol–water partition coefficient (Wildman–Crippen LogP) is 4.90. The number of benzene rings is 1. The van der Waals surface area contributed by atoms with Crippen molar-refractivity contribution in [2.75, 3.05) is 0 Å². The van der Waals surface area contributed by atoms with Crippen molar-refractivity contribution in [1.82, 2.24) is 0 Å². The van der Waals surface area contributed by atoms with E-state index in [1.807, 2.05) is 0 Å². The van der Waals surface area contributed by atoms with Crippen LogP contribution in [0.4, 0.5) is 0 Å². The molecule has 0 nitrogen and oxygen atoms in total. The molecule has 2 aromatic rings. The first-order valence-corrected chi connectivity index (χ1v) is 6.08. The topological polar surface area (TPSA) is 0 Å². The molecule has 1 heteroatoms. The number of rotatable bonds is 2. The van der Waals surface area contributed by atoms with Gasteiger partial charge in [0.1, 0.15) is 0 Å². The van der Waals surface area contributed by atoms with Gasteiger partial charge in [-0.1, -0.05) is 30.9 Å². The largest absolute Gasteiger partial charge is 0.358 e. The van der Waals surface area contributed by atoms with Gasteiger partial charge in [-0.2, -0.15) is 6.07 Å². The molecule has 0 heterocycles. The zero-order chi connectivity index (χ0) is 10.3. The third-order valence-corrected chi connectivity index (χ3v) is 3.59. The average molecular weight is 406 g/mol. The quantitative estimate of drug-likeness (QED) is 0.492. The molecule has 0 radical (unpaired) electrons.